The maximum atomic E-state index is 10.2. The van der Waals surface area contributed by atoms with Crippen LogP contribution in [0.1, 0.15) is 60.3 Å². The Labute approximate surface area is 117 Å². The van der Waals surface area contributed by atoms with E-state index in [1.54, 1.807) is 6.92 Å². The summed E-state index contributed by atoms with van der Waals surface area (Å²) in [5.41, 5.74) is 2.17. The van der Waals surface area contributed by atoms with Crippen molar-refractivity contribution in [3.05, 3.63) is 11.1 Å². The van der Waals surface area contributed by atoms with Crippen molar-refractivity contribution in [3.8, 4) is 11.8 Å². The molecule has 108 valence electrons. The molecule has 1 aliphatic rings. The van der Waals surface area contributed by atoms with Crippen molar-refractivity contribution >= 4 is 0 Å². The zero-order valence-corrected chi connectivity index (χ0v) is 13.0. The summed E-state index contributed by atoms with van der Waals surface area (Å²) in [5, 5.41) is 18.9. The van der Waals surface area contributed by atoms with Crippen LogP contribution in [0.5, 0.6) is 0 Å². The molecule has 0 fully saturated rings. The first kappa shape index (κ1) is 16.3. The quantitative estimate of drug-likeness (QED) is 0.606. The lowest BCUT2D eigenvalue weighted by Crippen LogP contribution is -2.31. The summed E-state index contributed by atoms with van der Waals surface area (Å²) in [5.74, 6) is 5.97. The Balaban J connectivity index is 2.81. The van der Waals surface area contributed by atoms with E-state index in [0.29, 0.717) is 12.3 Å². The second-order valence-electron chi connectivity index (χ2n) is 6.65. The summed E-state index contributed by atoms with van der Waals surface area (Å²) in [6.07, 6.45) is 3.94. The summed E-state index contributed by atoms with van der Waals surface area (Å²) in [7, 11) is 0. The molecule has 1 aliphatic carbocycles. The van der Waals surface area contributed by atoms with Gasteiger partial charge < -0.3 is 10.2 Å². The van der Waals surface area contributed by atoms with E-state index in [4.69, 9.17) is 5.11 Å². The summed E-state index contributed by atoms with van der Waals surface area (Å²) < 4.78 is 0. The third-order valence-electron chi connectivity index (χ3n) is 4.78. The Morgan fingerprint density at radius 3 is 2.63 bits per heavy atom. The molecule has 2 nitrogen and oxygen atoms in total. The molecule has 0 saturated heterocycles. The first-order valence-electron chi connectivity index (χ1n) is 7.23. The minimum atomic E-state index is -1.01. The minimum Gasteiger partial charge on any atom is -0.384 e. The van der Waals surface area contributed by atoms with Crippen LogP contribution in [0.3, 0.4) is 0 Å². The number of hydrogen-bond acceptors (Lipinski definition) is 2. The van der Waals surface area contributed by atoms with E-state index < -0.39 is 5.60 Å². The van der Waals surface area contributed by atoms with Gasteiger partial charge in [-0.1, -0.05) is 43.8 Å². The Hall–Kier alpha value is -0.780. The largest absolute Gasteiger partial charge is 0.384 e. The zero-order chi connectivity index (χ0) is 14.7. The molecule has 0 aromatic heterocycles. The van der Waals surface area contributed by atoms with Gasteiger partial charge in [0, 0.05) is 0 Å². The molecule has 2 heteroatoms. The van der Waals surface area contributed by atoms with Crippen LogP contribution in [0, 0.1) is 23.2 Å². The fourth-order valence-electron chi connectivity index (χ4n) is 2.99. The molecule has 2 N–H and O–H groups in total. The van der Waals surface area contributed by atoms with Crippen molar-refractivity contribution < 1.29 is 10.2 Å². The van der Waals surface area contributed by atoms with Gasteiger partial charge in [0.1, 0.15) is 12.2 Å². The van der Waals surface area contributed by atoms with E-state index in [1.165, 1.54) is 24.0 Å². The maximum absolute atomic E-state index is 10.2. The summed E-state index contributed by atoms with van der Waals surface area (Å²) in [4.78, 5) is 0. The molecule has 0 heterocycles. The van der Waals surface area contributed by atoms with Gasteiger partial charge in [-0.3, -0.25) is 0 Å². The van der Waals surface area contributed by atoms with Gasteiger partial charge in [-0.25, -0.2) is 0 Å². The summed E-state index contributed by atoms with van der Waals surface area (Å²) >= 11 is 0. The summed E-state index contributed by atoms with van der Waals surface area (Å²) in [6.45, 7) is 10.7. The minimum absolute atomic E-state index is 0.194. The molecule has 0 amide bonds. The van der Waals surface area contributed by atoms with Crippen molar-refractivity contribution in [2.24, 2.45) is 11.3 Å². The van der Waals surface area contributed by atoms with Gasteiger partial charge in [0.25, 0.3) is 0 Å². The van der Waals surface area contributed by atoms with Crippen molar-refractivity contribution in [1.29, 1.82) is 0 Å². The van der Waals surface area contributed by atoms with E-state index in [9.17, 15) is 5.11 Å². The Bertz CT molecular complexity index is 405. The van der Waals surface area contributed by atoms with Crippen LogP contribution >= 0.6 is 0 Å². The number of rotatable bonds is 3. The second-order valence-corrected chi connectivity index (χ2v) is 6.65. The van der Waals surface area contributed by atoms with Crippen LogP contribution in [0.2, 0.25) is 0 Å². The van der Waals surface area contributed by atoms with Crippen LogP contribution < -0.4 is 0 Å². The van der Waals surface area contributed by atoms with Gasteiger partial charge in [0.05, 0.1) is 0 Å². The summed E-state index contributed by atoms with van der Waals surface area (Å²) in [6, 6.07) is 0. The molecule has 2 unspecified atom stereocenters. The fourth-order valence-corrected chi connectivity index (χ4v) is 2.99. The highest BCUT2D eigenvalue weighted by Crippen LogP contribution is 2.46. The van der Waals surface area contributed by atoms with Crippen LogP contribution in [0.25, 0.3) is 0 Å². The van der Waals surface area contributed by atoms with Crippen LogP contribution in [-0.2, 0) is 0 Å². The highest BCUT2D eigenvalue weighted by molar-refractivity contribution is 5.25. The van der Waals surface area contributed by atoms with E-state index in [1.807, 2.05) is 0 Å². The average Bonchev–Trinajstić information content (AvgIpc) is 2.31. The molecule has 1 rings (SSSR count). The van der Waals surface area contributed by atoms with Gasteiger partial charge in [0.15, 0.2) is 0 Å². The predicted molar refractivity (Wildman–Crippen MR) is 79.6 cm³/mol. The highest BCUT2D eigenvalue weighted by atomic mass is 16.3. The lowest BCUT2D eigenvalue weighted by molar-refractivity contribution is 0.108. The predicted octanol–water partition coefficient (Wildman–Crippen LogP) is 3.29. The second kappa shape index (κ2) is 6.11. The smallest absolute Gasteiger partial charge is 0.123 e. The monoisotopic (exact) mass is 264 g/mol. The molecular weight excluding hydrogens is 236 g/mol. The molecule has 0 saturated carbocycles. The third-order valence-corrected chi connectivity index (χ3v) is 4.78. The standard InChI is InChI=1S/C17H28O2/c1-13-7-8-14(2)16(3,4)15(13)9-11-17(5,19)10-6-12-18/h14,18-19H,7-9,11-12H2,1-5H3. The fraction of sp³-hybridized carbons (Fsp3) is 0.765. The van der Waals surface area contributed by atoms with E-state index >= 15 is 0 Å². The van der Waals surface area contributed by atoms with E-state index in [-0.39, 0.29) is 12.0 Å². The van der Waals surface area contributed by atoms with Crippen LogP contribution in [0.4, 0.5) is 0 Å². The lowest BCUT2D eigenvalue weighted by Gasteiger charge is -2.41. The SMILES string of the molecule is CC1=C(CCC(C)(O)C#CCO)C(C)(C)C(C)CC1. The molecular formula is C17H28O2. The first-order chi connectivity index (χ1) is 8.70. The van der Waals surface area contributed by atoms with Crippen molar-refractivity contribution in [2.75, 3.05) is 6.61 Å². The lowest BCUT2D eigenvalue weighted by atomic mass is 9.65. The third kappa shape index (κ3) is 4.09. The van der Waals surface area contributed by atoms with Gasteiger partial charge in [-0.05, 0) is 50.9 Å². The maximum Gasteiger partial charge on any atom is 0.123 e. The molecule has 0 bridgehead atoms. The zero-order valence-electron chi connectivity index (χ0n) is 13.0. The van der Waals surface area contributed by atoms with E-state index in [0.717, 1.165) is 6.42 Å². The van der Waals surface area contributed by atoms with Gasteiger partial charge >= 0.3 is 0 Å². The topological polar surface area (TPSA) is 40.5 Å². The molecule has 19 heavy (non-hydrogen) atoms. The van der Waals surface area contributed by atoms with E-state index in [2.05, 4.69) is 39.5 Å². The molecule has 0 aromatic rings. The average molecular weight is 264 g/mol. The van der Waals surface area contributed by atoms with Crippen LogP contribution in [0.15, 0.2) is 11.1 Å². The van der Waals surface area contributed by atoms with Crippen LogP contribution in [-0.4, -0.2) is 22.4 Å². The molecule has 0 aliphatic heterocycles. The number of hydrogen-bond donors (Lipinski definition) is 2. The number of aliphatic hydroxyl groups excluding tert-OH is 1. The van der Waals surface area contributed by atoms with Gasteiger partial charge in [-0.15, -0.1) is 0 Å². The van der Waals surface area contributed by atoms with Gasteiger partial charge in [-0.2, -0.15) is 0 Å². The normalized spacial score (nSPS) is 25.5. The Morgan fingerprint density at radius 2 is 2.05 bits per heavy atom. The van der Waals surface area contributed by atoms with Gasteiger partial charge in [0.2, 0.25) is 0 Å². The van der Waals surface area contributed by atoms with Crippen molar-refractivity contribution in [1.82, 2.24) is 0 Å². The molecule has 0 radical (unpaired) electrons. The highest BCUT2D eigenvalue weighted by Gasteiger charge is 2.35. The molecule has 0 aromatic carbocycles. The number of aliphatic hydroxyl groups is 2. The molecule has 2 atom stereocenters. The Kier molecular flexibility index (Phi) is 5.24. The first-order valence-corrected chi connectivity index (χ1v) is 7.23. The Morgan fingerprint density at radius 1 is 1.42 bits per heavy atom. The number of allylic oxidation sites excluding steroid dienone is 2. The molecule has 0 spiro atoms. The van der Waals surface area contributed by atoms with Crippen molar-refractivity contribution in [2.45, 2.75) is 65.9 Å². The van der Waals surface area contributed by atoms with Crippen molar-refractivity contribution in [3.63, 3.8) is 0 Å².